The summed E-state index contributed by atoms with van der Waals surface area (Å²) >= 11 is 0. The lowest BCUT2D eigenvalue weighted by Crippen LogP contribution is -2.29. The van der Waals surface area contributed by atoms with Crippen molar-refractivity contribution in [3.05, 3.63) is 116 Å². The van der Waals surface area contributed by atoms with Gasteiger partial charge in [-0.3, -0.25) is 24.1 Å². The number of amides is 2. The van der Waals surface area contributed by atoms with Crippen molar-refractivity contribution >= 4 is 55.4 Å². The molecule has 1 aliphatic rings. The van der Waals surface area contributed by atoms with Gasteiger partial charge in [-0.2, -0.15) is 0 Å². The van der Waals surface area contributed by atoms with Gasteiger partial charge in [0.15, 0.2) is 10.9 Å². The number of nitrogens with one attached hydrogen (secondary N) is 2. The molecule has 7 nitrogen and oxygen atoms in total. The molecule has 0 fully saturated rings. The van der Waals surface area contributed by atoms with Gasteiger partial charge in [0.25, 0.3) is 11.8 Å². The predicted octanol–water partition coefficient (Wildman–Crippen LogP) is 4.47. The van der Waals surface area contributed by atoms with E-state index in [4.69, 9.17) is 0 Å². The van der Waals surface area contributed by atoms with Gasteiger partial charge in [-0.1, -0.05) is 36.4 Å². The summed E-state index contributed by atoms with van der Waals surface area (Å²) < 4.78 is 0. The monoisotopic (exact) mass is 471 g/mol. The molecule has 2 aromatic heterocycles. The second-order valence-electron chi connectivity index (χ2n) is 8.98. The van der Waals surface area contributed by atoms with Crippen molar-refractivity contribution in [1.29, 1.82) is 0 Å². The van der Waals surface area contributed by atoms with Crippen molar-refractivity contribution in [2.45, 2.75) is 6.54 Å². The van der Waals surface area contributed by atoms with Crippen LogP contribution in [0.3, 0.4) is 0 Å². The summed E-state index contributed by atoms with van der Waals surface area (Å²) in [5.41, 5.74) is 3.32. The maximum atomic E-state index is 13.8. The molecule has 7 heteroatoms. The van der Waals surface area contributed by atoms with Gasteiger partial charge in [-0.05, 0) is 48.0 Å². The van der Waals surface area contributed by atoms with Crippen molar-refractivity contribution in [1.82, 2.24) is 14.9 Å². The topological polar surface area (TPSA) is 103 Å². The Morgan fingerprint density at radius 3 is 1.86 bits per heavy atom. The fourth-order valence-corrected chi connectivity index (χ4v) is 5.20. The van der Waals surface area contributed by atoms with Gasteiger partial charge in [-0.15, -0.1) is 0 Å². The van der Waals surface area contributed by atoms with Crippen LogP contribution in [0.2, 0.25) is 0 Å². The zero-order chi connectivity index (χ0) is 24.6. The SMILES string of the molecule is O=C1c2ccccc2C(=O)N1Cc1cccc2[nH]c3cc4c(=O)c5ccccc5[nH]c4cc3c(=O)c12. The van der Waals surface area contributed by atoms with E-state index in [2.05, 4.69) is 9.97 Å². The van der Waals surface area contributed by atoms with Crippen molar-refractivity contribution in [2.75, 3.05) is 0 Å². The summed E-state index contributed by atoms with van der Waals surface area (Å²) in [7, 11) is 0. The Labute approximate surface area is 202 Å². The van der Waals surface area contributed by atoms with E-state index in [1.165, 1.54) is 4.90 Å². The first-order valence-corrected chi connectivity index (χ1v) is 11.5. The minimum atomic E-state index is -0.375. The number of hydrogen-bond acceptors (Lipinski definition) is 4. The van der Waals surface area contributed by atoms with Crippen LogP contribution in [-0.2, 0) is 6.54 Å². The van der Waals surface area contributed by atoms with E-state index in [9.17, 15) is 19.2 Å². The maximum Gasteiger partial charge on any atom is 0.261 e. The summed E-state index contributed by atoms with van der Waals surface area (Å²) in [4.78, 5) is 60.4. The number of carbonyl (C=O) groups is 2. The van der Waals surface area contributed by atoms with Crippen LogP contribution in [0.25, 0.3) is 43.6 Å². The summed E-state index contributed by atoms with van der Waals surface area (Å²) in [5, 5.41) is 1.88. The van der Waals surface area contributed by atoms with Crippen LogP contribution in [0.1, 0.15) is 26.3 Å². The molecule has 4 aromatic carbocycles. The molecule has 3 heterocycles. The molecule has 0 unspecified atom stereocenters. The van der Waals surface area contributed by atoms with Crippen LogP contribution >= 0.6 is 0 Å². The molecule has 0 saturated carbocycles. The highest BCUT2D eigenvalue weighted by Crippen LogP contribution is 2.27. The largest absolute Gasteiger partial charge is 0.354 e. The first kappa shape index (κ1) is 20.3. The number of carbonyl (C=O) groups excluding carboxylic acids is 2. The number of H-pyrrole nitrogens is 2. The molecule has 0 radical (unpaired) electrons. The Morgan fingerprint density at radius 1 is 0.556 bits per heavy atom. The van der Waals surface area contributed by atoms with E-state index in [-0.39, 0.29) is 29.2 Å². The molecule has 7 rings (SSSR count). The highest BCUT2D eigenvalue weighted by Gasteiger charge is 2.35. The number of para-hydroxylation sites is 1. The molecular formula is C29H17N3O4. The number of rotatable bonds is 2. The van der Waals surface area contributed by atoms with Gasteiger partial charge in [0.1, 0.15) is 0 Å². The second kappa shape index (κ2) is 7.23. The molecule has 0 spiro atoms. The molecule has 1 aliphatic heterocycles. The Bertz CT molecular complexity index is 2040. The van der Waals surface area contributed by atoms with Crippen molar-refractivity contribution in [3.8, 4) is 0 Å². The van der Waals surface area contributed by atoms with Crippen LogP contribution in [0.4, 0.5) is 0 Å². The lowest BCUT2D eigenvalue weighted by Gasteiger charge is -2.16. The number of pyridine rings is 2. The van der Waals surface area contributed by atoms with Crippen LogP contribution in [0.5, 0.6) is 0 Å². The summed E-state index contributed by atoms with van der Waals surface area (Å²) in [6.45, 7) is -0.0205. The number of aromatic amines is 2. The van der Waals surface area contributed by atoms with Gasteiger partial charge in [-0.25, -0.2) is 0 Å². The van der Waals surface area contributed by atoms with Gasteiger partial charge >= 0.3 is 0 Å². The molecule has 0 bridgehead atoms. The van der Waals surface area contributed by atoms with Gasteiger partial charge in [0.2, 0.25) is 0 Å². The van der Waals surface area contributed by atoms with Gasteiger partial charge in [0.05, 0.1) is 39.6 Å². The van der Waals surface area contributed by atoms with Crippen LogP contribution in [0, 0.1) is 0 Å². The zero-order valence-electron chi connectivity index (χ0n) is 18.8. The van der Waals surface area contributed by atoms with E-state index < -0.39 is 0 Å². The third-order valence-electron chi connectivity index (χ3n) is 6.94. The highest BCUT2D eigenvalue weighted by molar-refractivity contribution is 6.21. The van der Waals surface area contributed by atoms with Crippen molar-refractivity contribution in [2.24, 2.45) is 0 Å². The second-order valence-corrected chi connectivity index (χ2v) is 8.98. The molecule has 0 saturated heterocycles. The fraction of sp³-hybridized carbons (Fsp3) is 0.0345. The summed E-state index contributed by atoms with van der Waals surface area (Å²) in [5.74, 6) is -0.750. The normalized spacial score (nSPS) is 13.4. The Morgan fingerprint density at radius 2 is 1.14 bits per heavy atom. The predicted molar refractivity (Wildman–Crippen MR) is 138 cm³/mol. The van der Waals surface area contributed by atoms with Crippen molar-refractivity contribution in [3.63, 3.8) is 0 Å². The van der Waals surface area contributed by atoms with E-state index in [0.717, 1.165) is 0 Å². The minimum absolute atomic E-state index is 0.0205. The summed E-state index contributed by atoms with van der Waals surface area (Å²) in [6.07, 6.45) is 0. The first-order chi connectivity index (χ1) is 17.5. The van der Waals surface area contributed by atoms with Crippen LogP contribution in [0.15, 0.2) is 88.5 Å². The zero-order valence-corrected chi connectivity index (χ0v) is 18.8. The van der Waals surface area contributed by atoms with E-state index in [0.29, 0.717) is 60.3 Å². The highest BCUT2D eigenvalue weighted by atomic mass is 16.2. The first-order valence-electron chi connectivity index (χ1n) is 11.5. The van der Waals surface area contributed by atoms with Crippen LogP contribution in [-0.4, -0.2) is 26.7 Å². The quantitative estimate of drug-likeness (QED) is 0.287. The Balaban J connectivity index is 1.44. The molecule has 0 atom stereocenters. The third kappa shape index (κ3) is 2.74. The average Bonchev–Trinajstić information content (AvgIpc) is 3.13. The number of nitrogens with zero attached hydrogens (tertiary/aromatic N) is 1. The molecule has 2 N–H and O–H groups in total. The third-order valence-corrected chi connectivity index (χ3v) is 6.94. The van der Waals surface area contributed by atoms with E-state index in [1.54, 1.807) is 60.7 Å². The fourth-order valence-electron chi connectivity index (χ4n) is 5.20. The standard InChI is InChI=1S/C29H17N3O4/c33-26-18-9-3-4-10-21(18)30-23-13-20-24(12-19(23)26)31-22-11-5-6-15(25(22)27(20)34)14-32-28(35)16-7-1-2-8-17(16)29(32)36/h1-13H,14H2,(H,30,33)(H,31,34). The summed E-state index contributed by atoms with van der Waals surface area (Å²) in [6, 6.07) is 22.7. The van der Waals surface area contributed by atoms with E-state index in [1.807, 2.05) is 18.2 Å². The average molecular weight is 471 g/mol. The number of fused-ring (bicyclic) bond motifs is 5. The lowest BCUT2D eigenvalue weighted by atomic mass is 10.0. The molecule has 0 aliphatic carbocycles. The minimum Gasteiger partial charge on any atom is -0.354 e. The molecule has 6 aromatic rings. The van der Waals surface area contributed by atoms with Gasteiger partial charge < -0.3 is 9.97 Å². The smallest absolute Gasteiger partial charge is 0.261 e. The lowest BCUT2D eigenvalue weighted by molar-refractivity contribution is 0.0643. The number of benzene rings is 4. The van der Waals surface area contributed by atoms with Crippen LogP contribution < -0.4 is 10.9 Å². The Kier molecular flexibility index (Phi) is 4.08. The van der Waals surface area contributed by atoms with Crippen molar-refractivity contribution < 1.29 is 9.59 Å². The van der Waals surface area contributed by atoms with Gasteiger partial charge in [0, 0.05) is 21.7 Å². The number of imide groups is 1. The molecule has 36 heavy (non-hydrogen) atoms. The van der Waals surface area contributed by atoms with E-state index >= 15 is 0 Å². The number of hydrogen-bond donors (Lipinski definition) is 2. The maximum absolute atomic E-state index is 13.8. The molecule has 2 amide bonds. The molecular weight excluding hydrogens is 454 g/mol. The Hall–Kier alpha value is -5.04. The number of aromatic nitrogens is 2. The molecule has 172 valence electrons.